The number of hydrogen-bond acceptors (Lipinski definition) is 10. The molecule has 2 aromatic heterocycles. The van der Waals surface area contributed by atoms with E-state index in [0.29, 0.717) is 0 Å². The third-order valence-corrected chi connectivity index (χ3v) is 0.662. The summed E-state index contributed by atoms with van der Waals surface area (Å²) in [6, 6.07) is 0. The Labute approximate surface area is 114 Å². The average molecular weight is 326 g/mol. The van der Waals surface area contributed by atoms with Crippen molar-refractivity contribution in [1.29, 1.82) is 0 Å². The van der Waals surface area contributed by atoms with Gasteiger partial charge in [0.1, 0.15) is 0 Å². The number of hydrogen-bond donors (Lipinski definition) is 2. The van der Waals surface area contributed by atoms with Crippen LogP contribution in [0.2, 0.25) is 0 Å². The zero-order chi connectivity index (χ0) is 14.2. The molecule has 0 spiro atoms. The van der Waals surface area contributed by atoms with E-state index in [2.05, 4.69) is 30.8 Å². The van der Waals surface area contributed by atoms with Gasteiger partial charge in [-0.05, 0) is 0 Å². The van der Waals surface area contributed by atoms with Crippen LogP contribution in [-0.4, -0.2) is 41.0 Å². The number of rotatable bonds is 0. The smallest absolute Gasteiger partial charge is 0.356 e. The van der Waals surface area contributed by atoms with Crippen LogP contribution in [0.25, 0.3) is 0 Å². The van der Waals surface area contributed by atoms with E-state index >= 15 is 0 Å². The largest absolute Gasteiger partial charge is 2.00 e. The molecule has 0 bridgehead atoms. The van der Waals surface area contributed by atoms with Crippen LogP contribution in [0.5, 0.6) is 0 Å². The summed E-state index contributed by atoms with van der Waals surface area (Å²) >= 11 is 0. The first-order valence-electron chi connectivity index (χ1n) is 3.70. The molecular weight excluding hydrogens is 320 g/mol. The first-order chi connectivity index (χ1) is 8.46. The number of nitrogens with zero attached hydrogens (tertiary/aromatic N) is 6. The summed E-state index contributed by atoms with van der Waals surface area (Å²) in [4.78, 5) is 16.5. The molecule has 0 fully saturated rings. The van der Waals surface area contributed by atoms with E-state index in [1.807, 2.05) is 0 Å². The molecule has 109 valence electrons. The van der Waals surface area contributed by atoms with E-state index in [4.69, 9.17) is 30.6 Å². The maximum atomic E-state index is 8.25. The minimum atomic E-state index is -1.75. The summed E-state index contributed by atoms with van der Waals surface area (Å²) in [7, 11) is 0. The van der Waals surface area contributed by atoms with E-state index in [-0.39, 0.29) is 17.1 Å². The molecular formula is C4H6CuN8O6. The molecule has 19 heavy (non-hydrogen) atoms. The van der Waals surface area contributed by atoms with Crippen molar-refractivity contribution >= 4 is 0 Å². The van der Waals surface area contributed by atoms with Gasteiger partial charge in [-0.3, -0.25) is 10.2 Å². The van der Waals surface area contributed by atoms with Crippen LogP contribution in [0.1, 0.15) is 0 Å². The molecule has 0 atom stereocenters. The molecule has 0 saturated carbocycles. The molecule has 2 heterocycles. The maximum Gasteiger partial charge on any atom is 2.00 e. The van der Waals surface area contributed by atoms with Crippen LogP contribution in [0, 0.1) is 30.6 Å². The molecule has 2 aromatic rings. The summed E-state index contributed by atoms with van der Waals surface area (Å²) in [5.74, 6) is 0. The Bertz CT molecular complexity index is 299. The second-order valence-corrected chi connectivity index (χ2v) is 1.77. The van der Waals surface area contributed by atoms with Crippen LogP contribution < -0.4 is 0 Å². The van der Waals surface area contributed by atoms with Gasteiger partial charge in [-0.15, -0.1) is 10.2 Å². The standard InChI is InChI=1S/2C2H3N3.Cu.2NO3/c2*1-2-4-5-3-1;;2*2-1(3)4/h2*1-2H,(H,3,4,5);;;/q;;+2;2*-1. The molecule has 15 heteroatoms. The minimum Gasteiger partial charge on any atom is -0.356 e. The summed E-state index contributed by atoms with van der Waals surface area (Å²) in [6.07, 6.45) is 6.47. The van der Waals surface area contributed by atoms with Crippen LogP contribution in [0.3, 0.4) is 0 Å². The van der Waals surface area contributed by atoms with Crippen molar-refractivity contribution in [2.45, 2.75) is 0 Å². The summed E-state index contributed by atoms with van der Waals surface area (Å²) < 4.78 is 0. The third kappa shape index (κ3) is 51.1. The first-order valence-corrected chi connectivity index (χ1v) is 3.70. The summed E-state index contributed by atoms with van der Waals surface area (Å²) in [5.41, 5.74) is 0. The fraction of sp³-hybridized carbons (Fsp3) is 0. The third-order valence-electron chi connectivity index (χ3n) is 0.662. The Morgan fingerprint density at radius 1 is 0.789 bits per heavy atom. The second kappa shape index (κ2) is 17.6. The van der Waals surface area contributed by atoms with Gasteiger partial charge in [0, 0.05) is 12.4 Å². The van der Waals surface area contributed by atoms with Gasteiger partial charge in [-0.25, -0.2) is 0 Å². The van der Waals surface area contributed by atoms with Crippen molar-refractivity contribution in [3.05, 3.63) is 55.4 Å². The van der Waals surface area contributed by atoms with Crippen molar-refractivity contribution < 1.29 is 27.2 Å². The molecule has 0 amide bonds. The molecule has 14 nitrogen and oxygen atoms in total. The van der Waals surface area contributed by atoms with Gasteiger partial charge in [0.2, 0.25) is 0 Å². The van der Waals surface area contributed by atoms with Gasteiger partial charge >= 0.3 is 17.1 Å². The predicted octanol–water partition coefficient (Wildman–Crippen LogP) is -0.871. The first kappa shape index (κ1) is 21.5. The van der Waals surface area contributed by atoms with Gasteiger partial charge in [0.25, 0.3) is 0 Å². The number of aromatic amines is 2. The van der Waals surface area contributed by atoms with Crippen LogP contribution in [-0.2, 0) is 17.1 Å². The van der Waals surface area contributed by atoms with E-state index in [0.717, 1.165) is 0 Å². The van der Waals surface area contributed by atoms with Gasteiger partial charge < -0.3 is 30.6 Å². The summed E-state index contributed by atoms with van der Waals surface area (Å²) in [5, 5.41) is 48.0. The number of nitrogens with one attached hydrogen (secondary N) is 2. The molecule has 0 aliphatic rings. The number of H-pyrrole nitrogens is 2. The topological polar surface area (TPSA) is 216 Å². The Morgan fingerprint density at radius 3 is 1.11 bits per heavy atom. The van der Waals surface area contributed by atoms with Gasteiger partial charge in [0.05, 0.1) is 22.6 Å². The Balaban J connectivity index is -0.000000178. The molecule has 0 aliphatic carbocycles. The zero-order valence-corrected chi connectivity index (χ0v) is 9.69. The van der Waals surface area contributed by atoms with E-state index in [1.165, 1.54) is 0 Å². The molecule has 0 aliphatic heterocycles. The second-order valence-electron chi connectivity index (χ2n) is 1.77. The quantitative estimate of drug-likeness (QED) is 0.346. The maximum absolute atomic E-state index is 8.25. The van der Waals surface area contributed by atoms with Gasteiger partial charge in [-0.1, -0.05) is 10.4 Å². The Kier molecular flexibility index (Phi) is 19.9. The predicted molar refractivity (Wildman–Crippen MR) is 53.5 cm³/mol. The summed E-state index contributed by atoms with van der Waals surface area (Å²) in [6.45, 7) is 0. The SMILES string of the molecule is O=[N+]([O-])[O-].O=[N+]([O-])[O-].[Cu+2].c1c[nH]nn1.c1c[nH]nn1. The zero-order valence-electron chi connectivity index (χ0n) is 8.74. The molecule has 2 N–H and O–H groups in total. The Morgan fingerprint density at radius 2 is 1.05 bits per heavy atom. The van der Waals surface area contributed by atoms with Gasteiger partial charge in [-0.2, -0.15) is 0 Å². The fourth-order valence-corrected chi connectivity index (χ4v) is 0.333. The molecule has 1 radical (unpaired) electrons. The molecule has 0 saturated heterocycles. The van der Waals surface area contributed by atoms with Gasteiger partial charge in [0.15, 0.2) is 0 Å². The van der Waals surface area contributed by atoms with E-state index < -0.39 is 10.2 Å². The minimum absolute atomic E-state index is 0. The van der Waals surface area contributed by atoms with Crippen LogP contribution >= 0.6 is 0 Å². The van der Waals surface area contributed by atoms with Crippen molar-refractivity contribution in [2.24, 2.45) is 0 Å². The van der Waals surface area contributed by atoms with E-state index in [9.17, 15) is 0 Å². The van der Waals surface area contributed by atoms with Crippen molar-refractivity contribution in [2.75, 3.05) is 0 Å². The van der Waals surface area contributed by atoms with Crippen molar-refractivity contribution in [3.63, 3.8) is 0 Å². The normalized spacial score (nSPS) is 6.74. The Hall–Kier alpha value is -2.80. The molecule has 2 rings (SSSR count). The monoisotopic (exact) mass is 325 g/mol. The van der Waals surface area contributed by atoms with Crippen LogP contribution in [0.4, 0.5) is 0 Å². The van der Waals surface area contributed by atoms with E-state index in [1.54, 1.807) is 24.8 Å². The molecule has 0 unspecified atom stereocenters. The number of aromatic nitrogens is 6. The fourth-order valence-electron chi connectivity index (χ4n) is 0.333. The molecule has 0 aromatic carbocycles. The van der Waals surface area contributed by atoms with Crippen LogP contribution in [0.15, 0.2) is 24.8 Å². The average Bonchev–Trinajstić information content (AvgIpc) is 2.96. The van der Waals surface area contributed by atoms with Crippen molar-refractivity contribution in [1.82, 2.24) is 30.8 Å². The van der Waals surface area contributed by atoms with Crippen molar-refractivity contribution in [3.8, 4) is 0 Å².